The molecule has 1 saturated heterocycles. The second kappa shape index (κ2) is 6.72. The molecule has 4 nitrogen and oxygen atoms in total. The van der Waals surface area contributed by atoms with Crippen LogP contribution in [0.25, 0.3) is 0 Å². The normalized spacial score (nSPS) is 25.9. The van der Waals surface area contributed by atoms with E-state index in [1.807, 2.05) is 4.68 Å². The van der Waals surface area contributed by atoms with Gasteiger partial charge >= 0.3 is 0 Å². The molecule has 20 heavy (non-hydrogen) atoms. The van der Waals surface area contributed by atoms with Crippen LogP contribution in [0.15, 0.2) is 6.07 Å². The van der Waals surface area contributed by atoms with Crippen molar-refractivity contribution >= 4 is 0 Å². The van der Waals surface area contributed by atoms with Crippen molar-refractivity contribution in [2.24, 2.45) is 13.0 Å². The molecule has 114 valence electrons. The Bertz CT molecular complexity index is 426. The Morgan fingerprint density at radius 1 is 1.45 bits per heavy atom. The third-order valence-electron chi connectivity index (χ3n) is 4.82. The van der Waals surface area contributed by atoms with Gasteiger partial charge in [0, 0.05) is 38.8 Å². The molecule has 1 aliphatic rings. The first-order valence-electron chi connectivity index (χ1n) is 8.04. The minimum absolute atomic E-state index is 0.593. The van der Waals surface area contributed by atoms with E-state index in [-0.39, 0.29) is 0 Å². The largest absolute Gasteiger partial charge is 0.311 e. The van der Waals surface area contributed by atoms with Gasteiger partial charge in [0.1, 0.15) is 0 Å². The maximum absolute atomic E-state index is 4.56. The number of hydrogen-bond donors (Lipinski definition) is 1. The fourth-order valence-electron chi connectivity index (χ4n) is 2.93. The lowest BCUT2D eigenvalue weighted by molar-refractivity contribution is 0.109. The number of aryl methyl sites for hydroxylation is 2. The van der Waals surface area contributed by atoms with Crippen LogP contribution in [0.5, 0.6) is 0 Å². The monoisotopic (exact) mass is 278 g/mol. The lowest BCUT2D eigenvalue weighted by Gasteiger charge is -2.40. The molecule has 0 amide bonds. The second-order valence-electron chi connectivity index (χ2n) is 6.28. The molecule has 2 rings (SSSR count). The van der Waals surface area contributed by atoms with Gasteiger partial charge < -0.3 is 5.32 Å². The predicted molar refractivity (Wildman–Crippen MR) is 83.7 cm³/mol. The highest BCUT2D eigenvalue weighted by molar-refractivity contribution is 5.10. The van der Waals surface area contributed by atoms with Crippen LogP contribution in [0.3, 0.4) is 0 Å². The fraction of sp³-hybridized carbons (Fsp3) is 0.812. The molecule has 0 aromatic carbocycles. The first-order chi connectivity index (χ1) is 9.55. The topological polar surface area (TPSA) is 33.1 Å². The molecule has 2 heterocycles. The van der Waals surface area contributed by atoms with E-state index < -0.39 is 0 Å². The van der Waals surface area contributed by atoms with Gasteiger partial charge in [0.25, 0.3) is 0 Å². The zero-order valence-electron chi connectivity index (χ0n) is 13.7. The Balaban J connectivity index is 2.04. The Hall–Kier alpha value is -0.870. The predicted octanol–water partition coefficient (Wildman–Crippen LogP) is 2.19. The number of rotatable bonds is 5. The number of hydrogen-bond acceptors (Lipinski definition) is 3. The van der Waals surface area contributed by atoms with Crippen molar-refractivity contribution in [1.82, 2.24) is 20.0 Å². The van der Waals surface area contributed by atoms with Gasteiger partial charge in [-0.15, -0.1) is 0 Å². The van der Waals surface area contributed by atoms with Crippen molar-refractivity contribution < 1.29 is 0 Å². The van der Waals surface area contributed by atoms with Gasteiger partial charge in [-0.1, -0.05) is 27.2 Å². The van der Waals surface area contributed by atoms with Gasteiger partial charge in [-0.3, -0.25) is 9.58 Å². The standard InChI is InChI=1S/C16H30N4/c1-6-12(3)16-11-20(13(4)9-17-16)10-15-8-14(7-2)18-19(15)5/h8,12-13,16-17H,6-7,9-11H2,1-5H3. The highest BCUT2D eigenvalue weighted by Crippen LogP contribution is 2.18. The van der Waals surface area contributed by atoms with Crippen molar-refractivity contribution in [2.45, 2.75) is 59.2 Å². The second-order valence-corrected chi connectivity index (χ2v) is 6.28. The Morgan fingerprint density at radius 2 is 2.20 bits per heavy atom. The van der Waals surface area contributed by atoms with Crippen LogP contribution in [0, 0.1) is 5.92 Å². The molecule has 0 saturated carbocycles. The molecule has 3 unspecified atom stereocenters. The van der Waals surface area contributed by atoms with Crippen LogP contribution in [0.4, 0.5) is 0 Å². The van der Waals surface area contributed by atoms with Gasteiger partial charge in [-0.2, -0.15) is 5.10 Å². The van der Waals surface area contributed by atoms with Crippen molar-refractivity contribution in [2.75, 3.05) is 13.1 Å². The molecule has 0 spiro atoms. The smallest absolute Gasteiger partial charge is 0.0625 e. The van der Waals surface area contributed by atoms with Crippen LogP contribution in [0.2, 0.25) is 0 Å². The minimum Gasteiger partial charge on any atom is -0.311 e. The molecular weight excluding hydrogens is 248 g/mol. The summed E-state index contributed by atoms with van der Waals surface area (Å²) in [5, 5.41) is 8.27. The van der Waals surface area contributed by atoms with Crippen LogP contribution in [-0.4, -0.2) is 39.9 Å². The third-order valence-corrected chi connectivity index (χ3v) is 4.82. The maximum atomic E-state index is 4.56. The van der Waals surface area contributed by atoms with E-state index in [0.717, 1.165) is 32.0 Å². The Kier molecular flexibility index (Phi) is 5.22. The molecule has 1 N–H and O–H groups in total. The van der Waals surface area contributed by atoms with E-state index in [1.165, 1.54) is 17.8 Å². The molecule has 1 fully saturated rings. The highest BCUT2D eigenvalue weighted by atomic mass is 15.3. The van der Waals surface area contributed by atoms with E-state index in [9.17, 15) is 0 Å². The van der Waals surface area contributed by atoms with Crippen molar-refractivity contribution in [1.29, 1.82) is 0 Å². The van der Waals surface area contributed by atoms with Crippen LogP contribution in [0.1, 0.15) is 45.5 Å². The lowest BCUT2D eigenvalue weighted by atomic mass is 9.95. The highest BCUT2D eigenvalue weighted by Gasteiger charge is 2.28. The number of aromatic nitrogens is 2. The van der Waals surface area contributed by atoms with Gasteiger partial charge in [-0.05, 0) is 25.3 Å². The van der Waals surface area contributed by atoms with Gasteiger partial charge in [-0.25, -0.2) is 0 Å². The van der Waals surface area contributed by atoms with Gasteiger partial charge in [0.15, 0.2) is 0 Å². The van der Waals surface area contributed by atoms with E-state index in [2.05, 4.69) is 56.1 Å². The number of nitrogens with zero attached hydrogens (tertiary/aromatic N) is 3. The Morgan fingerprint density at radius 3 is 2.80 bits per heavy atom. The first-order valence-corrected chi connectivity index (χ1v) is 8.04. The van der Waals surface area contributed by atoms with Crippen LogP contribution < -0.4 is 5.32 Å². The minimum atomic E-state index is 0.593. The van der Waals surface area contributed by atoms with Crippen LogP contribution >= 0.6 is 0 Å². The molecule has 1 aromatic rings. The molecule has 0 radical (unpaired) electrons. The van der Waals surface area contributed by atoms with Gasteiger partial charge in [0.05, 0.1) is 11.4 Å². The van der Waals surface area contributed by atoms with E-state index >= 15 is 0 Å². The maximum Gasteiger partial charge on any atom is 0.0625 e. The van der Waals surface area contributed by atoms with Crippen LogP contribution in [-0.2, 0) is 20.0 Å². The summed E-state index contributed by atoms with van der Waals surface area (Å²) in [6.45, 7) is 12.4. The summed E-state index contributed by atoms with van der Waals surface area (Å²) in [6, 6.07) is 3.47. The summed E-state index contributed by atoms with van der Waals surface area (Å²) < 4.78 is 2.05. The zero-order chi connectivity index (χ0) is 14.7. The summed E-state index contributed by atoms with van der Waals surface area (Å²) >= 11 is 0. The molecule has 4 heteroatoms. The quantitative estimate of drug-likeness (QED) is 0.896. The molecule has 0 aliphatic carbocycles. The van der Waals surface area contributed by atoms with E-state index in [0.29, 0.717) is 12.1 Å². The average molecular weight is 278 g/mol. The summed E-state index contributed by atoms with van der Waals surface area (Å²) in [4.78, 5) is 2.60. The summed E-state index contributed by atoms with van der Waals surface area (Å²) in [5.41, 5.74) is 2.53. The van der Waals surface area contributed by atoms with E-state index in [4.69, 9.17) is 0 Å². The number of nitrogens with one attached hydrogen (secondary N) is 1. The molecular formula is C16H30N4. The summed E-state index contributed by atoms with van der Waals surface area (Å²) in [7, 11) is 2.06. The first kappa shape index (κ1) is 15.5. The molecule has 1 aromatic heterocycles. The van der Waals surface area contributed by atoms with Crippen molar-refractivity contribution in [3.05, 3.63) is 17.5 Å². The fourth-order valence-corrected chi connectivity index (χ4v) is 2.93. The van der Waals surface area contributed by atoms with Gasteiger partial charge in [0.2, 0.25) is 0 Å². The summed E-state index contributed by atoms with van der Waals surface area (Å²) in [5.74, 6) is 0.739. The SMILES string of the molecule is CCc1cc(CN2CC(C(C)CC)NCC2C)n(C)n1. The molecule has 1 aliphatic heterocycles. The zero-order valence-corrected chi connectivity index (χ0v) is 13.7. The lowest BCUT2D eigenvalue weighted by Crippen LogP contribution is -2.57. The Labute approximate surface area is 123 Å². The molecule has 3 atom stereocenters. The summed E-state index contributed by atoms with van der Waals surface area (Å²) in [6.07, 6.45) is 2.26. The average Bonchev–Trinajstić information content (AvgIpc) is 2.81. The third kappa shape index (κ3) is 3.41. The molecule has 0 bridgehead atoms. The van der Waals surface area contributed by atoms with Crippen molar-refractivity contribution in [3.8, 4) is 0 Å². The van der Waals surface area contributed by atoms with Crippen molar-refractivity contribution in [3.63, 3.8) is 0 Å². The van der Waals surface area contributed by atoms with E-state index in [1.54, 1.807) is 0 Å². The number of piperazine rings is 1.